The monoisotopic (exact) mass is 304 g/mol. The van der Waals surface area contributed by atoms with Crippen molar-refractivity contribution in [3.63, 3.8) is 0 Å². The number of rotatable bonds is 3. The first kappa shape index (κ1) is 16.2. The van der Waals surface area contributed by atoms with E-state index in [0.29, 0.717) is 37.6 Å². The van der Waals surface area contributed by atoms with Crippen molar-refractivity contribution >= 4 is 29.9 Å². The average molecular weight is 305 g/mol. The van der Waals surface area contributed by atoms with Crippen molar-refractivity contribution in [3.8, 4) is 0 Å². The van der Waals surface area contributed by atoms with E-state index in [1.54, 1.807) is 12.1 Å². The fourth-order valence-electron chi connectivity index (χ4n) is 1.92. The molecule has 1 heterocycles. The fourth-order valence-corrected chi connectivity index (χ4v) is 2.05. The standard InChI is InChI=1S/C13H17ClN2O2.ClH/c14-11-3-1-10(2-4-11)9-16-12(17)13(15)5-7-18-8-6-13;/h1-4H,5-9,15H2,(H,16,17);1H. The zero-order valence-electron chi connectivity index (χ0n) is 10.5. The first-order valence-corrected chi connectivity index (χ1v) is 6.37. The molecule has 19 heavy (non-hydrogen) atoms. The highest BCUT2D eigenvalue weighted by molar-refractivity contribution is 6.30. The lowest BCUT2D eigenvalue weighted by atomic mass is 9.90. The Morgan fingerprint density at radius 3 is 2.47 bits per heavy atom. The van der Waals surface area contributed by atoms with Crippen LogP contribution in [0.2, 0.25) is 5.02 Å². The predicted molar refractivity (Wildman–Crippen MR) is 77.5 cm³/mol. The molecule has 0 spiro atoms. The third-order valence-electron chi connectivity index (χ3n) is 3.20. The van der Waals surface area contributed by atoms with E-state index < -0.39 is 5.54 Å². The van der Waals surface area contributed by atoms with Gasteiger partial charge >= 0.3 is 0 Å². The summed E-state index contributed by atoms with van der Waals surface area (Å²) in [5.74, 6) is -0.110. The minimum absolute atomic E-state index is 0. The van der Waals surface area contributed by atoms with E-state index in [1.165, 1.54) is 0 Å². The average Bonchev–Trinajstić information content (AvgIpc) is 2.38. The van der Waals surface area contributed by atoms with Crippen molar-refractivity contribution in [2.75, 3.05) is 13.2 Å². The SMILES string of the molecule is Cl.NC1(C(=O)NCc2ccc(Cl)cc2)CCOCC1. The van der Waals surface area contributed by atoms with Crippen molar-refractivity contribution in [1.29, 1.82) is 0 Å². The van der Waals surface area contributed by atoms with Crippen molar-refractivity contribution in [2.45, 2.75) is 24.9 Å². The highest BCUT2D eigenvalue weighted by Crippen LogP contribution is 2.18. The molecule has 0 radical (unpaired) electrons. The van der Waals surface area contributed by atoms with Gasteiger partial charge in [0.2, 0.25) is 5.91 Å². The number of hydrogen-bond acceptors (Lipinski definition) is 3. The summed E-state index contributed by atoms with van der Waals surface area (Å²) >= 11 is 5.80. The number of amides is 1. The van der Waals surface area contributed by atoms with Crippen LogP contribution in [0.25, 0.3) is 0 Å². The number of nitrogens with one attached hydrogen (secondary N) is 1. The Morgan fingerprint density at radius 2 is 1.89 bits per heavy atom. The van der Waals surface area contributed by atoms with Crippen LogP contribution >= 0.6 is 24.0 Å². The van der Waals surface area contributed by atoms with Crippen LogP contribution in [0.3, 0.4) is 0 Å². The molecule has 1 aliphatic heterocycles. The molecule has 0 bridgehead atoms. The molecule has 4 nitrogen and oxygen atoms in total. The molecule has 106 valence electrons. The second-order valence-electron chi connectivity index (χ2n) is 4.58. The fraction of sp³-hybridized carbons (Fsp3) is 0.462. The maximum atomic E-state index is 12.0. The number of carbonyl (C=O) groups is 1. The van der Waals surface area contributed by atoms with Crippen molar-refractivity contribution in [2.24, 2.45) is 5.73 Å². The van der Waals surface area contributed by atoms with Crippen molar-refractivity contribution in [1.82, 2.24) is 5.32 Å². The summed E-state index contributed by atoms with van der Waals surface area (Å²) in [6.45, 7) is 1.56. The molecule has 1 saturated heterocycles. The Balaban J connectivity index is 0.00000180. The minimum atomic E-state index is -0.787. The van der Waals surface area contributed by atoms with Crippen LogP contribution in [0.1, 0.15) is 18.4 Å². The third kappa shape index (κ3) is 4.35. The Morgan fingerprint density at radius 1 is 1.32 bits per heavy atom. The zero-order valence-corrected chi connectivity index (χ0v) is 12.1. The number of nitrogens with two attached hydrogens (primary N) is 1. The van der Waals surface area contributed by atoms with Gasteiger partial charge in [0.1, 0.15) is 0 Å². The zero-order chi connectivity index (χ0) is 13.0. The Bertz CT molecular complexity index is 417. The van der Waals surface area contributed by atoms with Gasteiger partial charge in [0, 0.05) is 24.8 Å². The highest BCUT2D eigenvalue weighted by atomic mass is 35.5. The minimum Gasteiger partial charge on any atom is -0.381 e. The van der Waals surface area contributed by atoms with Gasteiger partial charge in [-0.1, -0.05) is 23.7 Å². The number of benzene rings is 1. The topological polar surface area (TPSA) is 64.4 Å². The van der Waals surface area contributed by atoms with Crippen molar-refractivity contribution in [3.05, 3.63) is 34.9 Å². The molecule has 3 N–H and O–H groups in total. The summed E-state index contributed by atoms with van der Waals surface area (Å²) in [5.41, 5.74) is 6.29. The van der Waals surface area contributed by atoms with Gasteiger partial charge in [0.05, 0.1) is 5.54 Å². The molecule has 6 heteroatoms. The van der Waals surface area contributed by atoms with Gasteiger partial charge in [-0.2, -0.15) is 0 Å². The lowest BCUT2D eigenvalue weighted by molar-refractivity contribution is -0.129. The van der Waals surface area contributed by atoms with Crippen LogP contribution in [0, 0.1) is 0 Å². The third-order valence-corrected chi connectivity index (χ3v) is 3.46. The summed E-state index contributed by atoms with van der Waals surface area (Å²) < 4.78 is 5.22. The van der Waals surface area contributed by atoms with E-state index >= 15 is 0 Å². The molecule has 1 aromatic rings. The summed E-state index contributed by atoms with van der Waals surface area (Å²) in [6, 6.07) is 7.37. The van der Waals surface area contributed by atoms with Gasteiger partial charge in [-0.05, 0) is 30.5 Å². The van der Waals surface area contributed by atoms with E-state index in [9.17, 15) is 4.79 Å². The van der Waals surface area contributed by atoms with Gasteiger partial charge in [0.25, 0.3) is 0 Å². The maximum Gasteiger partial charge on any atom is 0.240 e. The number of ether oxygens (including phenoxy) is 1. The smallest absolute Gasteiger partial charge is 0.240 e. The Hall–Kier alpha value is -0.810. The van der Waals surface area contributed by atoms with E-state index in [0.717, 1.165) is 5.56 Å². The maximum absolute atomic E-state index is 12.0. The molecular formula is C13H18Cl2N2O2. The van der Waals surface area contributed by atoms with Crippen LogP contribution in [-0.2, 0) is 16.1 Å². The molecule has 1 fully saturated rings. The molecule has 1 amide bonds. The molecule has 1 aliphatic rings. The molecule has 0 atom stereocenters. The van der Waals surface area contributed by atoms with E-state index in [1.807, 2.05) is 12.1 Å². The molecule has 0 saturated carbocycles. The molecule has 0 aromatic heterocycles. The Kier molecular flexibility index (Phi) is 6.07. The summed E-state index contributed by atoms with van der Waals surface area (Å²) in [5, 5.41) is 3.55. The second kappa shape index (κ2) is 7.10. The van der Waals surface area contributed by atoms with Crippen LogP contribution in [0.5, 0.6) is 0 Å². The number of carbonyl (C=O) groups excluding carboxylic acids is 1. The van der Waals surface area contributed by atoms with Gasteiger partial charge in [-0.3, -0.25) is 4.79 Å². The summed E-state index contributed by atoms with van der Waals surface area (Å²) in [7, 11) is 0. The lowest BCUT2D eigenvalue weighted by Crippen LogP contribution is -2.56. The number of halogens is 2. The van der Waals surface area contributed by atoms with Crippen LogP contribution in [0.15, 0.2) is 24.3 Å². The first-order valence-electron chi connectivity index (χ1n) is 5.99. The van der Waals surface area contributed by atoms with Gasteiger partial charge in [-0.25, -0.2) is 0 Å². The van der Waals surface area contributed by atoms with Gasteiger partial charge in [0.15, 0.2) is 0 Å². The lowest BCUT2D eigenvalue weighted by Gasteiger charge is -2.31. The van der Waals surface area contributed by atoms with Gasteiger partial charge < -0.3 is 15.8 Å². The van der Waals surface area contributed by atoms with Crippen molar-refractivity contribution < 1.29 is 9.53 Å². The molecular weight excluding hydrogens is 287 g/mol. The first-order chi connectivity index (χ1) is 8.60. The normalized spacial score (nSPS) is 17.4. The molecule has 0 aliphatic carbocycles. The largest absolute Gasteiger partial charge is 0.381 e. The molecule has 2 rings (SSSR count). The van der Waals surface area contributed by atoms with E-state index in [-0.39, 0.29) is 18.3 Å². The van der Waals surface area contributed by atoms with Crippen LogP contribution in [-0.4, -0.2) is 24.7 Å². The quantitative estimate of drug-likeness (QED) is 0.896. The van der Waals surface area contributed by atoms with E-state index in [2.05, 4.69) is 5.32 Å². The molecule has 1 aromatic carbocycles. The van der Waals surface area contributed by atoms with Gasteiger partial charge in [-0.15, -0.1) is 12.4 Å². The highest BCUT2D eigenvalue weighted by Gasteiger charge is 2.35. The van der Waals surface area contributed by atoms with Crippen LogP contribution < -0.4 is 11.1 Å². The summed E-state index contributed by atoms with van der Waals surface area (Å²) in [4.78, 5) is 12.0. The summed E-state index contributed by atoms with van der Waals surface area (Å²) in [6.07, 6.45) is 1.14. The molecule has 0 unspecified atom stereocenters. The number of hydrogen-bond donors (Lipinski definition) is 2. The second-order valence-corrected chi connectivity index (χ2v) is 5.01. The van der Waals surface area contributed by atoms with Crippen LogP contribution in [0.4, 0.5) is 0 Å². The Labute approximate surface area is 124 Å². The van der Waals surface area contributed by atoms with E-state index in [4.69, 9.17) is 22.1 Å². The predicted octanol–water partition coefficient (Wildman–Crippen LogP) is 1.89.